The number of aliphatic imine (C=N–C) groups is 1. The predicted octanol–water partition coefficient (Wildman–Crippen LogP) is 1.27. The van der Waals surface area contributed by atoms with Crippen LogP contribution in [0.15, 0.2) is 29.3 Å². The minimum absolute atomic E-state index is 0.240. The second-order valence-corrected chi connectivity index (χ2v) is 4.50. The first kappa shape index (κ1) is 16.8. The van der Waals surface area contributed by atoms with Gasteiger partial charge in [0.1, 0.15) is 5.75 Å². The van der Waals surface area contributed by atoms with Gasteiger partial charge in [-0.25, -0.2) is 0 Å². The van der Waals surface area contributed by atoms with Gasteiger partial charge in [-0.05, 0) is 17.7 Å². The Morgan fingerprint density at radius 3 is 2.48 bits per heavy atom. The number of rotatable bonds is 6. The number of benzene rings is 1. The van der Waals surface area contributed by atoms with Gasteiger partial charge in [-0.1, -0.05) is 12.1 Å². The molecule has 1 aromatic rings. The maximum absolute atomic E-state index is 11.1. The van der Waals surface area contributed by atoms with E-state index in [0.29, 0.717) is 19.5 Å². The largest absolute Gasteiger partial charge is 0.497 e. The van der Waals surface area contributed by atoms with Crippen LogP contribution in [0.3, 0.4) is 0 Å². The molecule has 1 aromatic carbocycles. The standard InChI is InChI=1S/C15H23N3O3/c1-16-15(17-10-9-14(19)21-4)18(2)11-12-5-7-13(20-3)8-6-12/h5-8H,9-11H2,1-4H3,(H,16,17). The van der Waals surface area contributed by atoms with E-state index in [0.717, 1.165) is 17.3 Å². The van der Waals surface area contributed by atoms with Crippen molar-refractivity contribution in [3.63, 3.8) is 0 Å². The SMILES string of the molecule is CN=C(NCCC(=O)OC)N(C)Cc1ccc(OC)cc1. The molecule has 1 N–H and O–H groups in total. The van der Waals surface area contributed by atoms with Gasteiger partial charge in [-0.15, -0.1) is 0 Å². The number of nitrogens with one attached hydrogen (secondary N) is 1. The molecule has 116 valence electrons. The molecule has 0 aliphatic carbocycles. The van der Waals surface area contributed by atoms with Gasteiger partial charge in [-0.3, -0.25) is 9.79 Å². The lowest BCUT2D eigenvalue weighted by atomic mass is 10.2. The third kappa shape index (κ3) is 5.72. The molecule has 0 atom stereocenters. The van der Waals surface area contributed by atoms with Crippen molar-refractivity contribution in [2.45, 2.75) is 13.0 Å². The van der Waals surface area contributed by atoms with E-state index in [2.05, 4.69) is 15.0 Å². The molecule has 6 nitrogen and oxygen atoms in total. The number of ether oxygens (including phenoxy) is 2. The van der Waals surface area contributed by atoms with Gasteiger partial charge in [0.25, 0.3) is 0 Å². The van der Waals surface area contributed by atoms with E-state index >= 15 is 0 Å². The molecule has 0 aromatic heterocycles. The van der Waals surface area contributed by atoms with Crippen LogP contribution in [-0.2, 0) is 16.1 Å². The summed E-state index contributed by atoms with van der Waals surface area (Å²) in [6, 6.07) is 7.88. The van der Waals surface area contributed by atoms with E-state index in [1.54, 1.807) is 14.2 Å². The minimum atomic E-state index is -0.240. The van der Waals surface area contributed by atoms with Crippen molar-refractivity contribution in [2.75, 3.05) is 34.9 Å². The number of hydrogen-bond donors (Lipinski definition) is 1. The fraction of sp³-hybridized carbons (Fsp3) is 0.467. The molecule has 0 aliphatic rings. The van der Waals surface area contributed by atoms with E-state index in [1.165, 1.54) is 7.11 Å². The number of guanidine groups is 1. The molecule has 0 spiro atoms. The average molecular weight is 293 g/mol. The highest BCUT2D eigenvalue weighted by Crippen LogP contribution is 2.12. The Morgan fingerprint density at radius 1 is 1.29 bits per heavy atom. The quantitative estimate of drug-likeness (QED) is 0.486. The Kier molecular flexibility index (Phi) is 7.08. The number of methoxy groups -OCH3 is 2. The number of hydrogen-bond acceptors (Lipinski definition) is 4. The van der Waals surface area contributed by atoms with Gasteiger partial charge in [0, 0.05) is 27.2 Å². The van der Waals surface area contributed by atoms with E-state index < -0.39 is 0 Å². The van der Waals surface area contributed by atoms with Crippen molar-refractivity contribution < 1.29 is 14.3 Å². The van der Waals surface area contributed by atoms with Gasteiger partial charge in [0.2, 0.25) is 0 Å². The van der Waals surface area contributed by atoms with E-state index in [1.807, 2.05) is 36.2 Å². The Bertz CT molecular complexity index is 472. The molecule has 0 radical (unpaired) electrons. The van der Waals surface area contributed by atoms with Crippen LogP contribution in [-0.4, -0.2) is 51.7 Å². The van der Waals surface area contributed by atoms with Crippen molar-refractivity contribution in [3.05, 3.63) is 29.8 Å². The molecule has 0 heterocycles. The topological polar surface area (TPSA) is 63.2 Å². The fourth-order valence-corrected chi connectivity index (χ4v) is 1.84. The number of esters is 1. The van der Waals surface area contributed by atoms with Crippen molar-refractivity contribution in [1.82, 2.24) is 10.2 Å². The zero-order valence-corrected chi connectivity index (χ0v) is 13.0. The Hall–Kier alpha value is -2.24. The van der Waals surface area contributed by atoms with Crippen LogP contribution in [0.2, 0.25) is 0 Å². The van der Waals surface area contributed by atoms with Gasteiger partial charge in [-0.2, -0.15) is 0 Å². The van der Waals surface area contributed by atoms with Crippen molar-refractivity contribution in [1.29, 1.82) is 0 Å². The maximum atomic E-state index is 11.1. The van der Waals surface area contributed by atoms with Crippen LogP contribution in [0.1, 0.15) is 12.0 Å². The molecular formula is C15H23N3O3. The Labute approximate surface area is 125 Å². The van der Waals surface area contributed by atoms with Crippen LogP contribution in [0.5, 0.6) is 5.75 Å². The highest BCUT2D eigenvalue weighted by Gasteiger charge is 2.07. The number of nitrogens with zero attached hydrogens (tertiary/aromatic N) is 2. The second-order valence-electron chi connectivity index (χ2n) is 4.50. The molecule has 1 rings (SSSR count). The van der Waals surface area contributed by atoms with Gasteiger partial charge in [0.05, 0.1) is 20.6 Å². The minimum Gasteiger partial charge on any atom is -0.497 e. The van der Waals surface area contributed by atoms with Crippen molar-refractivity contribution in [3.8, 4) is 5.75 Å². The highest BCUT2D eigenvalue weighted by atomic mass is 16.5. The summed E-state index contributed by atoms with van der Waals surface area (Å²) in [5, 5.41) is 3.13. The molecule has 6 heteroatoms. The van der Waals surface area contributed by atoms with Gasteiger partial charge < -0.3 is 19.7 Å². The lowest BCUT2D eigenvalue weighted by molar-refractivity contribution is -0.140. The van der Waals surface area contributed by atoms with E-state index in [4.69, 9.17) is 4.74 Å². The molecule has 0 aliphatic heterocycles. The smallest absolute Gasteiger partial charge is 0.307 e. The monoisotopic (exact) mass is 293 g/mol. The molecule has 0 amide bonds. The zero-order valence-electron chi connectivity index (χ0n) is 13.0. The summed E-state index contributed by atoms with van der Waals surface area (Å²) in [6.07, 6.45) is 0.311. The first-order valence-electron chi connectivity index (χ1n) is 6.72. The molecule has 0 saturated heterocycles. The van der Waals surface area contributed by atoms with Crippen molar-refractivity contribution >= 4 is 11.9 Å². The summed E-state index contributed by atoms with van der Waals surface area (Å²) in [7, 11) is 6.68. The summed E-state index contributed by atoms with van der Waals surface area (Å²) in [5.74, 6) is 1.33. The molecule has 0 unspecified atom stereocenters. The Morgan fingerprint density at radius 2 is 1.95 bits per heavy atom. The Balaban J connectivity index is 2.50. The second kappa shape index (κ2) is 8.84. The average Bonchev–Trinajstić information content (AvgIpc) is 2.51. The fourth-order valence-electron chi connectivity index (χ4n) is 1.84. The van der Waals surface area contributed by atoms with Crippen LogP contribution in [0, 0.1) is 0 Å². The lowest BCUT2D eigenvalue weighted by Gasteiger charge is -2.22. The summed E-state index contributed by atoms with van der Waals surface area (Å²) in [4.78, 5) is 17.3. The van der Waals surface area contributed by atoms with Crippen LogP contribution < -0.4 is 10.1 Å². The third-order valence-electron chi connectivity index (χ3n) is 2.99. The first-order chi connectivity index (χ1) is 10.1. The first-order valence-corrected chi connectivity index (χ1v) is 6.72. The lowest BCUT2D eigenvalue weighted by Crippen LogP contribution is -2.39. The summed E-state index contributed by atoms with van der Waals surface area (Å²) in [6.45, 7) is 1.20. The molecule has 21 heavy (non-hydrogen) atoms. The molecule has 0 saturated carbocycles. The molecular weight excluding hydrogens is 270 g/mol. The van der Waals surface area contributed by atoms with Crippen molar-refractivity contribution in [2.24, 2.45) is 4.99 Å². The van der Waals surface area contributed by atoms with Crippen LogP contribution in [0.25, 0.3) is 0 Å². The maximum Gasteiger partial charge on any atom is 0.307 e. The summed E-state index contributed by atoms with van der Waals surface area (Å²) in [5.41, 5.74) is 1.15. The van der Waals surface area contributed by atoms with Gasteiger partial charge in [0.15, 0.2) is 5.96 Å². The summed E-state index contributed by atoms with van der Waals surface area (Å²) < 4.78 is 9.73. The van der Waals surface area contributed by atoms with Crippen LogP contribution in [0.4, 0.5) is 0 Å². The number of carbonyl (C=O) groups excluding carboxylic acids is 1. The highest BCUT2D eigenvalue weighted by molar-refractivity contribution is 5.80. The normalized spacial score (nSPS) is 11.0. The third-order valence-corrected chi connectivity index (χ3v) is 2.99. The number of carbonyl (C=O) groups is 1. The predicted molar refractivity (Wildman–Crippen MR) is 82.5 cm³/mol. The van der Waals surface area contributed by atoms with E-state index in [9.17, 15) is 4.79 Å². The molecule has 0 bridgehead atoms. The molecule has 0 fully saturated rings. The van der Waals surface area contributed by atoms with E-state index in [-0.39, 0.29) is 5.97 Å². The van der Waals surface area contributed by atoms with Gasteiger partial charge >= 0.3 is 5.97 Å². The summed E-state index contributed by atoms with van der Waals surface area (Å²) >= 11 is 0. The van der Waals surface area contributed by atoms with Crippen LogP contribution >= 0.6 is 0 Å². The zero-order chi connectivity index (χ0) is 15.7.